The van der Waals surface area contributed by atoms with E-state index in [4.69, 9.17) is 71.1 Å². The number of ketones is 6. The first-order valence-electron chi connectivity index (χ1n) is 49.7. The SMILES string of the molecule is CC(C)(C)CCC(C)(C)CCOCCCOCC(=O)C(C)(C)C.CC(C)(C)CCC(O)CCOCCCOCC(=O)C(C)(C)C.CC(C)(C)CCCCCOCCCOCC(=O)C(C)(C)C.CC(C)(C)CCOCCOCCOCC(=O)C(C)(C)C.C[C@@H](OCCOCC(=O)C(C)(C)C)[C@@H](C)OCCC(C)(C)C.C[C@H](OCCOCC(=O)C(C)(C)C)[C@H](C)OCCC(C)(C)C. The van der Waals surface area contributed by atoms with Crippen molar-refractivity contribution in [1.29, 1.82) is 0 Å². The number of aliphatic hydroxyl groups excluding tert-OH is 1. The Morgan fingerprint density at radius 1 is 0.192 bits per heavy atom. The van der Waals surface area contributed by atoms with Crippen molar-refractivity contribution in [2.45, 2.75) is 424 Å². The summed E-state index contributed by atoms with van der Waals surface area (Å²) in [6, 6.07) is 0. The molecule has 1 N–H and O–H groups in total. The first-order chi connectivity index (χ1) is 59.0. The van der Waals surface area contributed by atoms with Gasteiger partial charge in [0, 0.05) is 112 Å². The summed E-state index contributed by atoms with van der Waals surface area (Å²) in [5, 5.41) is 9.85. The summed E-state index contributed by atoms with van der Waals surface area (Å²) in [7, 11) is 0. The van der Waals surface area contributed by atoms with Crippen molar-refractivity contribution in [2.75, 3.05) is 172 Å². The molecule has 0 bridgehead atoms. The molecule has 5 atom stereocenters. The molecular weight excluding hydrogens is 1650 g/mol. The van der Waals surface area contributed by atoms with Crippen LogP contribution in [-0.2, 0) is 99.8 Å². The van der Waals surface area contributed by atoms with E-state index in [9.17, 15) is 33.9 Å². The largest absolute Gasteiger partial charge is 0.393 e. The molecule has 0 aromatic heterocycles. The number of hydrogen-bond acceptors (Lipinski definition) is 22. The van der Waals surface area contributed by atoms with Crippen molar-refractivity contribution in [2.24, 2.45) is 70.4 Å². The molecule has 0 fully saturated rings. The van der Waals surface area contributed by atoms with Gasteiger partial charge in [0.1, 0.15) is 39.6 Å². The van der Waals surface area contributed by atoms with Gasteiger partial charge in [-0.1, -0.05) is 276 Å². The number of carbonyl (C=O) groups excluding carboxylic acids is 6. The predicted octanol–water partition coefficient (Wildman–Crippen LogP) is 24.3. The molecule has 0 saturated heterocycles. The smallest absolute Gasteiger partial charge is 0.163 e. The summed E-state index contributed by atoms with van der Waals surface area (Å²) in [5.74, 6) is 0.763. The van der Waals surface area contributed by atoms with Crippen molar-refractivity contribution in [3.05, 3.63) is 0 Å². The Morgan fingerprint density at radius 2 is 0.408 bits per heavy atom. The maximum atomic E-state index is 11.7. The maximum Gasteiger partial charge on any atom is 0.163 e. The second-order valence-electron chi connectivity index (χ2n) is 49.6. The van der Waals surface area contributed by atoms with Crippen LogP contribution in [0.3, 0.4) is 0 Å². The van der Waals surface area contributed by atoms with E-state index in [2.05, 4.69) is 138 Å². The van der Waals surface area contributed by atoms with E-state index in [-0.39, 0.29) is 154 Å². The quantitative estimate of drug-likeness (QED) is 0.0555. The van der Waals surface area contributed by atoms with Gasteiger partial charge in [-0.25, -0.2) is 0 Å². The van der Waals surface area contributed by atoms with Crippen LogP contribution in [-0.4, -0.2) is 242 Å². The molecule has 0 heterocycles. The van der Waals surface area contributed by atoms with Crippen LogP contribution in [0.2, 0.25) is 0 Å². The maximum absolute atomic E-state index is 11.7. The number of aliphatic hydroxyl groups is 1. The van der Waals surface area contributed by atoms with E-state index >= 15 is 0 Å². The lowest BCUT2D eigenvalue weighted by atomic mass is 9.78. The van der Waals surface area contributed by atoms with Gasteiger partial charge in [-0.15, -0.1) is 0 Å². The highest BCUT2D eigenvalue weighted by molar-refractivity contribution is 5.86. The van der Waals surface area contributed by atoms with Crippen molar-refractivity contribution >= 4 is 34.7 Å². The van der Waals surface area contributed by atoms with Crippen molar-refractivity contribution < 1.29 is 105 Å². The minimum atomic E-state index is -0.344. The van der Waals surface area contributed by atoms with Crippen molar-refractivity contribution in [3.63, 3.8) is 0 Å². The second kappa shape index (κ2) is 72.6. The van der Waals surface area contributed by atoms with Crippen LogP contribution in [0.1, 0.15) is 394 Å². The van der Waals surface area contributed by atoms with Crippen LogP contribution >= 0.6 is 0 Å². The zero-order valence-electron chi connectivity index (χ0n) is 93.1. The Kier molecular flexibility index (Phi) is 77.2. The number of rotatable bonds is 63. The van der Waals surface area contributed by atoms with Gasteiger partial charge in [-0.2, -0.15) is 0 Å². The minimum Gasteiger partial charge on any atom is -0.393 e. The molecule has 780 valence electrons. The van der Waals surface area contributed by atoms with Gasteiger partial charge < -0.3 is 76.2 Å². The summed E-state index contributed by atoms with van der Waals surface area (Å²) in [6.07, 6.45) is 16.5. The predicted molar refractivity (Wildman–Crippen MR) is 538 cm³/mol. The average Bonchev–Trinajstić information content (AvgIpc) is 0.947. The van der Waals surface area contributed by atoms with Gasteiger partial charge in [0.15, 0.2) is 34.7 Å². The van der Waals surface area contributed by atoms with Gasteiger partial charge in [0.05, 0.1) is 83.4 Å². The average molecular weight is 1870 g/mol. The van der Waals surface area contributed by atoms with E-state index in [1.54, 1.807) is 0 Å². The third-order valence-corrected chi connectivity index (χ3v) is 20.9. The van der Waals surface area contributed by atoms with E-state index in [0.29, 0.717) is 121 Å². The van der Waals surface area contributed by atoms with Gasteiger partial charge in [-0.05, 0) is 155 Å². The lowest BCUT2D eigenvalue weighted by molar-refractivity contribution is -0.133. The fraction of sp³-hybridized carbons (Fsp3) is 0.944. The van der Waals surface area contributed by atoms with Gasteiger partial charge in [0.25, 0.3) is 0 Å². The molecule has 0 amide bonds. The summed E-state index contributed by atoms with van der Waals surface area (Å²) in [5.41, 5.74) is 0.380. The van der Waals surface area contributed by atoms with E-state index < -0.39 is 0 Å². The van der Waals surface area contributed by atoms with Crippen LogP contribution in [0.5, 0.6) is 0 Å². The monoisotopic (exact) mass is 1870 g/mol. The minimum absolute atomic E-state index is 0.0156. The Balaban J connectivity index is -0.000000355. The molecule has 0 saturated carbocycles. The lowest BCUT2D eigenvalue weighted by Crippen LogP contribution is -2.29. The van der Waals surface area contributed by atoms with Crippen molar-refractivity contribution in [3.8, 4) is 0 Å². The van der Waals surface area contributed by atoms with Gasteiger partial charge in [0.2, 0.25) is 0 Å². The van der Waals surface area contributed by atoms with Crippen LogP contribution in [0, 0.1) is 70.4 Å². The zero-order chi connectivity index (χ0) is 102. The summed E-state index contributed by atoms with van der Waals surface area (Å²) >= 11 is 0. The fourth-order valence-electron chi connectivity index (χ4n) is 9.62. The van der Waals surface area contributed by atoms with Crippen LogP contribution < -0.4 is 0 Å². The summed E-state index contributed by atoms with van der Waals surface area (Å²) in [4.78, 5) is 69.9. The molecule has 0 aromatic rings. The number of carbonyl (C=O) groups is 6. The molecule has 0 aliphatic heterocycles. The number of unbranched alkanes of at least 4 members (excludes halogenated alkanes) is 2. The Bertz CT molecular complexity index is 2680. The molecule has 0 aliphatic rings. The molecule has 1 unspecified atom stereocenters. The molecule has 0 spiro atoms. The summed E-state index contributed by atoms with van der Waals surface area (Å²) < 4.78 is 82.7. The second-order valence-corrected chi connectivity index (χ2v) is 49.6. The molecule has 0 rings (SSSR count). The Hall–Kier alpha value is -2.62. The van der Waals surface area contributed by atoms with Crippen LogP contribution in [0.25, 0.3) is 0 Å². The van der Waals surface area contributed by atoms with E-state index in [1.807, 2.05) is 152 Å². The third-order valence-electron chi connectivity index (χ3n) is 20.9. The topological polar surface area (TPSA) is 261 Å². The Morgan fingerprint density at radius 3 is 0.700 bits per heavy atom. The first kappa shape index (κ1) is 138. The van der Waals surface area contributed by atoms with Crippen LogP contribution in [0.4, 0.5) is 0 Å². The molecule has 0 radical (unpaired) electrons. The standard InChI is InChI=1S/C20H40O3.3C18H36O4.C18H36O3.C16H32O4/c1-18(2,3)10-11-20(7,8)12-15-22-13-9-14-23-16-17(21)19(4,5)6;2*1-14(21-10-9-17(3,4)5)15(2)22-12-11-20-13-16(19)18(6,7)8;1-17(2,3)10-8-15(19)9-13-21-11-7-12-22-14-16(20)18(4,5)6;1-17(2,3)11-8-7-9-12-20-13-10-14-21-15-16(19)18(4,5)6;1-15(2,3)7-8-18-9-10-19-11-12-20-13-14(17)16(4,5)6/h9-16H2,1-8H3;2*14-15H,9-13H2,1-8H3;15,19H,7-14H2,1-6H3;7-15H2,1-6H3;7-13H2,1-6H3/t;2*14-,15-;;;/m.10.../s1. The fourth-order valence-corrected chi connectivity index (χ4v) is 9.62. The van der Waals surface area contributed by atoms with E-state index in [1.165, 1.54) is 32.1 Å². The molecular formula is C108H216O22. The number of ether oxygens (including phenoxy) is 15. The number of hydrogen-bond donors (Lipinski definition) is 1. The molecule has 22 heteroatoms. The summed E-state index contributed by atoms with van der Waals surface area (Å²) in [6.45, 7) is 100. The third kappa shape index (κ3) is 104. The normalized spacial score (nSPS) is 14.1. The molecule has 0 aliphatic carbocycles. The lowest BCUT2D eigenvalue weighted by Gasteiger charge is -2.28. The molecule has 0 aromatic carbocycles. The molecule has 22 nitrogen and oxygen atoms in total. The van der Waals surface area contributed by atoms with Gasteiger partial charge >= 0.3 is 0 Å². The highest BCUT2D eigenvalue weighted by atomic mass is 16.6. The first-order valence-corrected chi connectivity index (χ1v) is 49.7. The highest BCUT2D eigenvalue weighted by Crippen LogP contribution is 2.34. The van der Waals surface area contributed by atoms with Crippen LogP contribution in [0.15, 0.2) is 0 Å². The zero-order valence-corrected chi connectivity index (χ0v) is 93.1. The Labute approximate surface area is 801 Å². The molecule has 130 heavy (non-hydrogen) atoms. The highest BCUT2D eigenvalue weighted by Gasteiger charge is 2.28. The van der Waals surface area contributed by atoms with Crippen molar-refractivity contribution in [1.82, 2.24) is 0 Å². The van der Waals surface area contributed by atoms with Gasteiger partial charge in [-0.3, -0.25) is 28.8 Å². The van der Waals surface area contributed by atoms with E-state index in [0.717, 1.165) is 104 Å². The number of Topliss-reactive ketones (excluding diaryl/α,β-unsaturated/α-hetero) is 6.